The maximum atomic E-state index is 12.7. The summed E-state index contributed by atoms with van der Waals surface area (Å²) in [5, 5.41) is 4.12. The van der Waals surface area contributed by atoms with Crippen molar-refractivity contribution < 1.29 is 9.32 Å². The van der Waals surface area contributed by atoms with Crippen LogP contribution < -0.4 is 4.90 Å². The lowest BCUT2D eigenvalue weighted by atomic mass is 9.93. The Balaban J connectivity index is 2.21. The van der Waals surface area contributed by atoms with Gasteiger partial charge in [0, 0.05) is 17.9 Å². The van der Waals surface area contributed by atoms with Gasteiger partial charge < -0.3 is 4.52 Å². The molecular weight excluding hydrogens is 324 g/mol. The normalized spacial score (nSPS) is 10.9. The third-order valence-corrected chi connectivity index (χ3v) is 4.04. The molecule has 2 aromatic rings. The molecule has 0 aliphatic rings. The van der Waals surface area contributed by atoms with Gasteiger partial charge in [0.1, 0.15) is 5.76 Å². The van der Waals surface area contributed by atoms with Crippen molar-refractivity contribution in [3.05, 3.63) is 47.7 Å². The Labute approximate surface area is 156 Å². The van der Waals surface area contributed by atoms with E-state index in [1.165, 1.54) is 0 Å². The van der Waals surface area contributed by atoms with E-state index in [-0.39, 0.29) is 11.3 Å². The molecule has 1 aromatic heterocycles. The first-order valence-electron chi connectivity index (χ1n) is 9.23. The van der Waals surface area contributed by atoms with Crippen LogP contribution in [0.15, 0.2) is 40.9 Å². The average Bonchev–Trinajstić information content (AvgIpc) is 3.10. The number of benzene rings is 1. The van der Waals surface area contributed by atoms with Gasteiger partial charge in [-0.3, -0.25) is 9.69 Å². The number of unbranched alkanes of at least 4 members (excludes halogenated alkanes) is 3. The Morgan fingerprint density at radius 3 is 2.54 bits per heavy atom. The molecule has 0 aliphatic carbocycles. The van der Waals surface area contributed by atoms with Crippen molar-refractivity contribution in [1.82, 2.24) is 5.16 Å². The number of anilines is 1. The molecule has 0 saturated carbocycles. The Bertz CT molecular complexity index is 761. The molecule has 1 amide bonds. The van der Waals surface area contributed by atoms with Gasteiger partial charge in [0.05, 0.1) is 6.54 Å². The molecule has 138 valence electrons. The van der Waals surface area contributed by atoms with Gasteiger partial charge in [-0.15, -0.1) is 0 Å². The summed E-state index contributed by atoms with van der Waals surface area (Å²) in [7, 11) is 0. The van der Waals surface area contributed by atoms with E-state index in [2.05, 4.69) is 23.9 Å². The molecule has 0 bridgehead atoms. The Kier molecular flexibility index (Phi) is 7.03. The highest BCUT2D eigenvalue weighted by molar-refractivity contribution is 6.05. The molecule has 0 spiro atoms. The molecule has 0 aliphatic heterocycles. The van der Waals surface area contributed by atoms with E-state index >= 15 is 0 Å². The van der Waals surface area contributed by atoms with E-state index in [0.29, 0.717) is 12.4 Å². The third-order valence-electron chi connectivity index (χ3n) is 4.04. The largest absolute Gasteiger partial charge is 0.359 e. The van der Waals surface area contributed by atoms with Crippen LogP contribution in [0.25, 0.3) is 0 Å². The fraction of sp³-hybridized carbons (Fsp3) is 0.455. The van der Waals surface area contributed by atoms with E-state index < -0.39 is 0 Å². The average molecular weight is 352 g/mol. The summed E-state index contributed by atoms with van der Waals surface area (Å²) in [6, 6.07) is 11.7. The van der Waals surface area contributed by atoms with Gasteiger partial charge >= 0.3 is 5.91 Å². The zero-order valence-corrected chi connectivity index (χ0v) is 16.2. The predicted octanol–water partition coefficient (Wildman–Crippen LogP) is 5.09. The lowest BCUT2D eigenvalue weighted by molar-refractivity contribution is -0.113. The van der Waals surface area contributed by atoms with Crippen LogP contribution in [0.5, 0.6) is 0 Å². The maximum absolute atomic E-state index is 12.7. The minimum absolute atomic E-state index is 0.168. The highest BCUT2D eigenvalue weighted by Gasteiger charge is 2.24. The second-order valence-corrected chi connectivity index (χ2v) is 7.44. The summed E-state index contributed by atoms with van der Waals surface area (Å²) in [6.07, 6.45) is 4.04. The smallest absolute Gasteiger partial charge is 0.304 e. The number of carbonyl (C=O) groups excluding carboxylic acids is 1. The first-order chi connectivity index (χ1) is 12.4. The first-order valence-corrected chi connectivity index (χ1v) is 9.23. The number of hydrogen-bond donors (Lipinski definition) is 0. The van der Waals surface area contributed by atoms with Crippen molar-refractivity contribution >= 4 is 11.7 Å². The van der Waals surface area contributed by atoms with Crippen molar-refractivity contribution in [2.45, 2.75) is 65.3 Å². The van der Waals surface area contributed by atoms with Crippen LogP contribution >= 0.6 is 0 Å². The van der Waals surface area contributed by atoms with E-state index in [9.17, 15) is 4.79 Å². The Morgan fingerprint density at radius 1 is 1.19 bits per heavy atom. The SMILES string of the molecule is CCCCCC#CC(=O)N(Cc1ccccc1)c1cc(C(C)(C)C)on1. The molecule has 0 radical (unpaired) electrons. The quantitative estimate of drug-likeness (QED) is 0.537. The van der Waals surface area contributed by atoms with Crippen LogP contribution in [0, 0.1) is 11.8 Å². The summed E-state index contributed by atoms with van der Waals surface area (Å²) < 4.78 is 5.46. The number of amides is 1. The Hall–Kier alpha value is -2.54. The molecule has 0 unspecified atom stereocenters. The summed E-state index contributed by atoms with van der Waals surface area (Å²) >= 11 is 0. The van der Waals surface area contributed by atoms with Gasteiger partial charge in [0.2, 0.25) is 0 Å². The van der Waals surface area contributed by atoms with Crippen molar-refractivity contribution in [2.24, 2.45) is 0 Å². The van der Waals surface area contributed by atoms with Crippen molar-refractivity contribution in [2.75, 3.05) is 4.90 Å². The summed E-state index contributed by atoms with van der Waals surface area (Å²) in [5.74, 6) is 6.76. The summed E-state index contributed by atoms with van der Waals surface area (Å²) in [5.41, 5.74) is 0.854. The van der Waals surface area contributed by atoms with Gasteiger partial charge in [0.25, 0.3) is 0 Å². The minimum atomic E-state index is -0.251. The lowest BCUT2D eigenvalue weighted by Gasteiger charge is -2.17. The van der Waals surface area contributed by atoms with Crippen molar-refractivity contribution in [3.8, 4) is 11.8 Å². The number of aromatic nitrogens is 1. The molecule has 0 atom stereocenters. The van der Waals surface area contributed by atoms with E-state index in [4.69, 9.17) is 4.52 Å². The standard InChI is InChI=1S/C22H28N2O2/c1-5-6-7-8-12-15-21(25)24(17-18-13-10-9-11-14-18)20-16-19(26-23-20)22(2,3)4/h9-11,13-14,16H,5-8,17H2,1-4H3. The maximum Gasteiger partial charge on any atom is 0.304 e. The Morgan fingerprint density at radius 2 is 1.92 bits per heavy atom. The van der Waals surface area contributed by atoms with Crippen molar-refractivity contribution in [1.29, 1.82) is 0 Å². The number of hydrogen-bond acceptors (Lipinski definition) is 3. The van der Waals surface area contributed by atoms with Crippen LogP contribution in [-0.4, -0.2) is 11.1 Å². The third kappa shape index (κ3) is 5.77. The van der Waals surface area contributed by atoms with Gasteiger partial charge in [0.15, 0.2) is 5.82 Å². The van der Waals surface area contributed by atoms with Gasteiger partial charge in [-0.05, 0) is 17.9 Å². The molecule has 1 aromatic carbocycles. The van der Waals surface area contributed by atoms with E-state index in [0.717, 1.165) is 37.0 Å². The predicted molar refractivity (Wildman–Crippen MR) is 105 cm³/mol. The topological polar surface area (TPSA) is 46.3 Å². The molecule has 0 N–H and O–H groups in total. The van der Waals surface area contributed by atoms with Crippen LogP contribution in [-0.2, 0) is 16.8 Å². The van der Waals surface area contributed by atoms with Gasteiger partial charge in [-0.1, -0.05) is 81.9 Å². The second-order valence-electron chi connectivity index (χ2n) is 7.44. The first kappa shape index (κ1) is 19.8. The molecule has 4 nitrogen and oxygen atoms in total. The van der Waals surface area contributed by atoms with Crippen LogP contribution in [0.2, 0.25) is 0 Å². The monoisotopic (exact) mass is 352 g/mol. The fourth-order valence-electron chi connectivity index (χ4n) is 2.44. The summed E-state index contributed by atoms with van der Waals surface area (Å²) in [6.45, 7) is 8.72. The number of carbonyl (C=O) groups is 1. The van der Waals surface area contributed by atoms with E-state index in [1.807, 2.05) is 57.2 Å². The molecule has 4 heteroatoms. The van der Waals surface area contributed by atoms with Gasteiger partial charge in [-0.2, -0.15) is 0 Å². The number of rotatable bonds is 6. The zero-order valence-electron chi connectivity index (χ0n) is 16.2. The highest BCUT2D eigenvalue weighted by atomic mass is 16.5. The number of nitrogens with zero attached hydrogens (tertiary/aromatic N) is 2. The zero-order chi connectivity index (χ0) is 19.0. The lowest BCUT2D eigenvalue weighted by Crippen LogP contribution is -2.29. The molecule has 1 heterocycles. The van der Waals surface area contributed by atoms with Crippen LogP contribution in [0.1, 0.15) is 64.7 Å². The molecular formula is C22H28N2O2. The molecule has 0 fully saturated rings. The summed E-state index contributed by atoms with van der Waals surface area (Å²) in [4.78, 5) is 14.3. The van der Waals surface area contributed by atoms with E-state index in [1.54, 1.807) is 4.90 Å². The molecule has 26 heavy (non-hydrogen) atoms. The fourth-order valence-corrected chi connectivity index (χ4v) is 2.44. The van der Waals surface area contributed by atoms with Gasteiger partial charge in [-0.25, -0.2) is 0 Å². The highest BCUT2D eigenvalue weighted by Crippen LogP contribution is 2.27. The van der Waals surface area contributed by atoms with Crippen LogP contribution in [0.4, 0.5) is 5.82 Å². The van der Waals surface area contributed by atoms with Crippen LogP contribution in [0.3, 0.4) is 0 Å². The second kappa shape index (κ2) is 9.24. The van der Waals surface area contributed by atoms with Crippen molar-refractivity contribution in [3.63, 3.8) is 0 Å². The molecule has 0 saturated heterocycles. The minimum Gasteiger partial charge on any atom is -0.359 e. The molecule has 2 rings (SSSR count).